The van der Waals surface area contributed by atoms with E-state index in [1.807, 2.05) is 36.4 Å². The van der Waals surface area contributed by atoms with Crippen LogP contribution in [0, 0.1) is 22.7 Å². The number of halogens is 1. The molecule has 2 aliphatic heterocycles. The molecule has 24 heavy (non-hydrogen) atoms. The Kier molecular flexibility index (Phi) is 3.30. The van der Waals surface area contributed by atoms with Crippen molar-refractivity contribution < 1.29 is 0 Å². The molecule has 0 aromatic heterocycles. The van der Waals surface area contributed by atoms with Crippen LogP contribution in [0.2, 0.25) is 5.02 Å². The Balaban J connectivity index is 1.86. The lowest BCUT2D eigenvalue weighted by atomic mass is 9.81. The van der Waals surface area contributed by atoms with Crippen LogP contribution in [-0.4, -0.2) is 16.8 Å². The maximum absolute atomic E-state index is 9.88. The van der Waals surface area contributed by atoms with E-state index in [-0.39, 0.29) is 12.0 Å². The molecule has 5 heteroatoms. The SMILES string of the molecule is N#CC1(C#N)[C@@H](c2ccc(Cl)cc2)C[C@@H]2c3ccccc3C=NN21. The number of fused-ring (bicyclic) bond motifs is 3. The van der Waals surface area contributed by atoms with E-state index in [0.29, 0.717) is 11.4 Å². The smallest absolute Gasteiger partial charge is 0.236 e. The van der Waals surface area contributed by atoms with Crippen LogP contribution in [0.4, 0.5) is 0 Å². The van der Waals surface area contributed by atoms with Gasteiger partial charge in [-0.1, -0.05) is 48.0 Å². The predicted octanol–water partition coefficient (Wildman–Crippen LogP) is 4.00. The van der Waals surface area contributed by atoms with E-state index in [4.69, 9.17) is 11.6 Å². The molecule has 4 rings (SSSR count). The standard InChI is InChI=1S/C19H13ClN4/c20-15-7-5-13(6-8-15)17-9-18-16-4-2-1-3-14(16)10-23-24(18)19(17,11-21)12-22/h1-8,10,17-18H,9H2/t17-,18-/m1/s1. The lowest BCUT2D eigenvalue weighted by Gasteiger charge is -2.33. The van der Waals surface area contributed by atoms with Crippen molar-refractivity contribution in [1.29, 1.82) is 10.5 Å². The molecular weight excluding hydrogens is 320 g/mol. The summed E-state index contributed by atoms with van der Waals surface area (Å²) in [6, 6.07) is 19.8. The van der Waals surface area contributed by atoms with Crippen molar-refractivity contribution in [1.82, 2.24) is 5.01 Å². The van der Waals surface area contributed by atoms with Gasteiger partial charge in [0.05, 0.1) is 12.3 Å². The van der Waals surface area contributed by atoms with Crippen molar-refractivity contribution in [2.45, 2.75) is 23.9 Å². The molecule has 0 aliphatic carbocycles. The van der Waals surface area contributed by atoms with Gasteiger partial charge in [-0.3, -0.25) is 5.01 Å². The van der Waals surface area contributed by atoms with Crippen LogP contribution < -0.4 is 0 Å². The van der Waals surface area contributed by atoms with Gasteiger partial charge >= 0.3 is 0 Å². The average Bonchev–Trinajstić information content (AvgIpc) is 2.97. The average molecular weight is 333 g/mol. The zero-order chi connectivity index (χ0) is 16.7. The van der Waals surface area contributed by atoms with Crippen LogP contribution in [-0.2, 0) is 0 Å². The van der Waals surface area contributed by atoms with Crippen LogP contribution in [0.3, 0.4) is 0 Å². The van der Waals surface area contributed by atoms with Gasteiger partial charge in [0, 0.05) is 10.9 Å². The summed E-state index contributed by atoms with van der Waals surface area (Å²) in [6.45, 7) is 0. The van der Waals surface area contributed by atoms with Crippen LogP contribution in [0.1, 0.15) is 35.1 Å². The van der Waals surface area contributed by atoms with Crippen LogP contribution in [0.15, 0.2) is 53.6 Å². The van der Waals surface area contributed by atoms with Gasteiger partial charge in [0.15, 0.2) is 0 Å². The molecule has 2 atom stereocenters. The highest BCUT2D eigenvalue weighted by atomic mass is 35.5. The Hall–Kier alpha value is -2.82. The highest BCUT2D eigenvalue weighted by Crippen LogP contribution is 2.52. The molecule has 0 saturated carbocycles. The van der Waals surface area contributed by atoms with Crippen molar-refractivity contribution in [3.63, 3.8) is 0 Å². The molecule has 0 spiro atoms. The summed E-state index contributed by atoms with van der Waals surface area (Å²) in [5.74, 6) is -0.252. The molecule has 0 bridgehead atoms. The van der Waals surface area contributed by atoms with Crippen LogP contribution in [0.25, 0.3) is 0 Å². The minimum Gasteiger partial charge on any atom is -0.255 e. The molecule has 0 radical (unpaired) electrons. The van der Waals surface area contributed by atoms with Crippen molar-refractivity contribution >= 4 is 17.8 Å². The first-order valence-corrected chi connectivity index (χ1v) is 8.07. The van der Waals surface area contributed by atoms with Crippen molar-refractivity contribution in [2.24, 2.45) is 5.10 Å². The highest BCUT2D eigenvalue weighted by Gasteiger charge is 2.56. The van der Waals surface area contributed by atoms with Crippen LogP contribution >= 0.6 is 11.6 Å². The number of hydrogen-bond acceptors (Lipinski definition) is 4. The summed E-state index contributed by atoms with van der Waals surface area (Å²) in [5, 5.41) is 26.5. The van der Waals surface area contributed by atoms with E-state index in [2.05, 4.69) is 17.2 Å². The van der Waals surface area contributed by atoms with Crippen molar-refractivity contribution in [3.05, 3.63) is 70.2 Å². The number of nitrogens with zero attached hydrogens (tertiary/aromatic N) is 4. The molecule has 2 aromatic rings. The molecule has 0 unspecified atom stereocenters. The summed E-state index contributed by atoms with van der Waals surface area (Å²) >= 11 is 5.98. The summed E-state index contributed by atoms with van der Waals surface area (Å²) in [5.41, 5.74) is 1.77. The molecule has 1 saturated heterocycles. The molecule has 0 N–H and O–H groups in total. The molecular formula is C19H13ClN4. The van der Waals surface area contributed by atoms with Gasteiger partial charge in [0.2, 0.25) is 5.54 Å². The molecule has 0 amide bonds. The highest BCUT2D eigenvalue weighted by molar-refractivity contribution is 6.30. The number of rotatable bonds is 1. The summed E-state index contributed by atoms with van der Waals surface area (Å²) in [4.78, 5) is 0. The third-order valence-corrected chi connectivity index (χ3v) is 5.16. The first-order chi connectivity index (χ1) is 11.7. The number of benzene rings is 2. The van der Waals surface area contributed by atoms with Gasteiger partial charge in [-0.15, -0.1) is 0 Å². The second kappa shape index (κ2) is 5.37. The molecule has 2 aromatic carbocycles. The largest absolute Gasteiger partial charge is 0.255 e. The fraction of sp³-hybridized carbons (Fsp3) is 0.211. The Bertz CT molecular complexity index is 890. The summed E-state index contributed by atoms with van der Waals surface area (Å²) in [7, 11) is 0. The van der Waals surface area contributed by atoms with E-state index in [9.17, 15) is 10.5 Å². The van der Waals surface area contributed by atoms with Gasteiger partial charge in [-0.2, -0.15) is 15.6 Å². The molecule has 4 nitrogen and oxygen atoms in total. The molecule has 116 valence electrons. The lowest BCUT2D eigenvalue weighted by Crippen LogP contribution is -2.43. The van der Waals surface area contributed by atoms with Gasteiger partial charge in [0.25, 0.3) is 0 Å². The zero-order valence-corrected chi connectivity index (χ0v) is 13.5. The zero-order valence-electron chi connectivity index (χ0n) is 12.7. The third kappa shape index (κ3) is 1.94. The van der Waals surface area contributed by atoms with E-state index < -0.39 is 5.54 Å². The van der Waals surface area contributed by atoms with E-state index in [1.165, 1.54) is 0 Å². The molecule has 1 fully saturated rings. The van der Waals surface area contributed by atoms with Gasteiger partial charge in [-0.05, 0) is 35.2 Å². The first-order valence-electron chi connectivity index (χ1n) is 7.70. The minimum atomic E-state index is -1.32. The second-order valence-electron chi connectivity index (χ2n) is 6.06. The maximum Gasteiger partial charge on any atom is 0.236 e. The molecule has 2 aliphatic rings. The van der Waals surface area contributed by atoms with Crippen molar-refractivity contribution in [2.75, 3.05) is 0 Å². The number of hydrogen-bond donors (Lipinski definition) is 0. The van der Waals surface area contributed by atoms with E-state index in [0.717, 1.165) is 16.7 Å². The Labute approximate surface area is 145 Å². The van der Waals surface area contributed by atoms with E-state index >= 15 is 0 Å². The van der Waals surface area contributed by atoms with Gasteiger partial charge in [0.1, 0.15) is 12.1 Å². The van der Waals surface area contributed by atoms with E-state index in [1.54, 1.807) is 23.4 Å². The Morgan fingerprint density at radius 1 is 1.08 bits per heavy atom. The lowest BCUT2D eigenvalue weighted by molar-refractivity contribution is 0.183. The fourth-order valence-corrected chi connectivity index (χ4v) is 3.87. The summed E-state index contributed by atoms with van der Waals surface area (Å²) < 4.78 is 0. The monoisotopic (exact) mass is 332 g/mol. The second-order valence-corrected chi connectivity index (χ2v) is 6.50. The fourth-order valence-electron chi connectivity index (χ4n) is 3.74. The Morgan fingerprint density at radius 3 is 2.50 bits per heavy atom. The maximum atomic E-state index is 9.88. The minimum absolute atomic E-state index is 0.0776. The summed E-state index contributed by atoms with van der Waals surface area (Å²) in [6.07, 6.45) is 2.40. The number of hydrazone groups is 1. The van der Waals surface area contributed by atoms with Crippen molar-refractivity contribution in [3.8, 4) is 12.1 Å². The third-order valence-electron chi connectivity index (χ3n) is 4.91. The number of nitriles is 2. The topological polar surface area (TPSA) is 63.2 Å². The first kappa shape index (κ1) is 14.8. The Morgan fingerprint density at radius 2 is 1.79 bits per heavy atom. The van der Waals surface area contributed by atoms with Gasteiger partial charge < -0.3 is 0 Å². The van der Waals surface area contributed by atoms with Crippen LogP contribution in [0.5, 0.6) is 0 Å². The molecule has 2 heterocycles. The van der Waals surface area contributed by atoms with Gasteiger partial charge in [-0.25, -0.2) is 0 Å². The quantitative estimate of drug-likeness (QED) is 0.792. The predicted molar refractivity (Wildman–Crippen MR) is 91.4 cm³/mol. The normalized spacial score (nSPS) is 23.0.